The maximum absolute atomic E-state index is 3.55. The lowest BCUT2D eigenvalue weighted by Crippen LogP contribution is -1.83. The fraction of sp³-hybridized carbons (Fsp3) is 0.273. The Morgan fingerprint density at radius 1 is 1.21 bits per heavy atom. The molecule has 2 rings (SSSR count). The minimum atomic E-state index is 0.546. The molecular weight excluding hydrogens is 306 g/mol. The number of hydrogen-bond donors (Lipinski definition) is 1. The van der Waals surface area contributed by atoms with E-state index >= 15 is 0 Å². The molecule has 0 bridgehead atoms. The first-order valence-electron chi connectivity index (χ1n) is 4.55. The molecule has 0 aliphatic heterocycles. The van der Waals surface area contributed by atoms with E-state index in [1.165, 1.54) is 16.5 Å². The average Bonchev–Trinajstić information content (AvgIpc) is 2.47. The third-order valence-electron chi connectivity index (χ3n) is 2.36. The van der Waals surface area contributed by atoms with Gasteiger partial charge in [0.05, 0.1) is 5.52 Å². The summed E-state index contributed by atoms with van der Waals surface area (Å²) in [6.07, 6.45) is 2.09. The van der Waals surface area contributed by atoms with Gasteiger partial charge in [-0.25, -0.2) is 0 Å². The molecule has 0 saturated heterocycles. The Morgan fingerprint density at radius 3 is 2.57 bits per heavy atom. The van der Waals surface area contributed by atoms with Gasteiger partial charge in [-0.3, -0.25) is 0 Å². The van der Waals surface area contributed by atoms with Gasteiger partial charge in [0, 0.05) is 20.5 Å². The molecule has 2 aromatic rings. The van der Waals surface area contributed by atoms with E-state index in [1.807, 2.05) is 0 Å². The summed E-state index contributed by atoms with van der Waals surface area (Å²) in [6.45, 7) is 4.41. The molecule has 74 valence electrons. The number of benzene rings is 1. The molecule has 1 aromatic carbocycles. The lowest BCUT2D eigenvalue weighted by molar-refractivity contribution is 0.875. The summed E-state index contributed by atoms with van der Waals surface area (Å²) in [5.41, 5.74) is 2.54. The Hall–Kier alpha value is -0.280. The van der Waals surface area contributed by atoms with Crippen molar-refractivity contribution in [1.29, 1.82) is 0 Å². The third kappa shape index (κ3) is 1.63. The normalized spacial score (nSPS) is 11.5. The third-order valence-corrected chi connectivity index (χ3v) is 3.44. The second-order valence-electron chi connectivity index (χ2n) is 3.71. The number of H-pyrrole nitrogens is 1. The van der Waals surface area contributed by atoms with Gasteiger partial charge < -0.3 is 4.98 Å². The van der Waals surface area contributed by atoms with E-state index in [2.05, 4.69) is 69.0 Å². The van der Waals surface area contributed by atoms with Crippen molar-refractivity contribution in [3.63, 3.8) is 0 Å². The monoisotopic (exact) mass is 315 g/mol. The van der Waals surface area contributed by atoms with Crippen LogP contribution in [0, 0.1) is 0 Å². The fourth-order valence-electron chi connectivity index (χ4n) is 1.65. The van der Waals surface area contributed by atoms with Crippen LogP contribution in [0.2, 0.25) is 0 Å². The molecule has 1 heterocycles. The molecule has 14 heavy (non-hydrogen) atoms. The zero-order chi connectivity index (χ0) is 10.3. The second kappa shape index (κ2) is 3.70. The van der Waals surface area contributed by atoms with Crippen LogP contribution in [0.1, 0.15) is 25.3 Å². The molecule has 0 spiro atoms. The summed E-state index contributed by atoms with van der Waals surface area (Å²) in [5.74, 6) is 0.546. The molecule has 0 unspecified atom stereocenters. The van der Waals surface area contributed by atoms with Crippen molar-refractivity contribution in [3.05, 3.63) is 32.8 Å². The van der Waals surface area contributed by atoms with Gasteiger partial charge in [-0.05, 0) is 39.5 Å². The minimum Gasteiger partial charge on any atom is -0.360 e. The van der Waals surface area contributed by atoms with E-state index in [-0.39, 0.29) is 0 Å². The molecule has 0 radical (unpaired) electrons. The Bertz CT molecular complexity index is 471. The predicted octanol–water partition coefficient (Wildman–Crippen LogP) is 4.82. The van der Waals surface area contributed by atoms with Gasteiger partial charge >= 0.3 is 0 Å². The van der Waals surface area contributed by atoms with Crippen molar-refractivity contribution in [2.24, 2.45) is 0 Å². The highest BCUT2D eigenvalue weighted by molar-refractivity contribution is 9.11. The topological polar surface area (TPSA) is 15.8 Å². The van der Waals surface area contributed by atoms with Crippen LogP contribution in [0.25, 0.3) is 10.9 Å². The first-order chi connectivity index (χ1) is 6.59. The first-order valence-corrected chi connectivity index (χ1v) is 6.14. The smallest absolute Gasteiger partial charge is 0.0602 e. The maximum atomic E-state index is 3.55. The van der Waals surface area contributed by atoms with Crippen LogP contribution in [-0.4, -0.2) is 4.98 Å². The van der Waals surface area contributed by atoms with E-state index in [0.717, 1.165) is 8.95 Å². The van der Waals surface area contributed by atoms with Crippen molar-refractivity contribution >= 4 is 42.8 Å². The molecule has 1 N–H and O–H groups in total. The maximum Gasteiger partial charge on any atom is 0.0602 e. The Balaban J connectivity index is 2.78. The van der Waals surface area contributed by atoms with E-state index in [0.29, 0.717) is 5.92 Å². The predicted molar refractivity (Wildman–Crippen MR) is 67.8 cm³/mol. The van der Waals surface area contributed by atoms with Crippen LogP contribution in [0.15, 0.2) is 27.3 Å². The fourth-order valence-corrected chi connectivity index (χ4v) is 2.99. The van der Waals surface area contributed by atoms with Crippen LogP contribution < -0.4 is 0 Å². The van der Waals surface area contributed by atoms with Crippen LogP contribution in [0.3, 0.4) is 0 Å². The number of nitrogens with one attached hydrogen (secondary N) is 1. The molecule has 0 amide bonds. The molecule has 1 nitrogen and oxygen atoms in total. The van der Waals surface area contributed by atoms with E-state index < -0.39 is 0 Å². The number of halogens is 2. The van der Waals surface area contributed by atoms with Crippen LogP contribution in [0.4, 0.5) is 0 Å². The van der Waals surface area contributed by atoms with Crippen molar-refractivity contribution < 1.29 is 0 Å². The summed E-state index contributed by atoms with van der Waals surface area (Å²) < 4.78 is 2.21. The molecule has 0 saturated carbocycles. The number of fused-ring (bicyclic) bond motifs is 1. The highest BCUT2D eigenvalue weighted by atomic mass is 79.9. The van der Waals surface area contributed by atoms with E-state index in [4.69, 9.17) is 0 Å². The van der Waals surface area contributed by atoms with Crippen LogP contribution in [-0.2, 0) is 0 Å². The van der Waals surface area contributed by atoms with E-state index in [9.17, 15) is 0 Å². The molecule has 0 atom stereocenters. The zero-order valence-electron chi connectivity index (χ0n) is 8.07. The largest absolute Gasteiger partial charge is 0.360 e. The summed E-state index contributed by atoms with van der Waals surface area (Å²) in [7, 11) is 0. The van der Waals surface area contributed by atoms with Gasteiger partial charge in [-0.2, -0.15) is 0 Å². The summed E-state index contributed by atoms with van der Waals surface area (Å²) in [6, 6.07) is 4.22. The molecule has 1 aromatic heterocycles. The van der Waals surface area contributed by atoms with Crippen molar-refractivity contribution in [2.75, 3.05) is 0 Å². The van der Waals surface area contributed by atoms with Crippen molar-refractivity contribution in [3.8, 4) is 0 Å². The van der Waals surface area contributed by atoms with Crippen LogP contribution in [0.5, 0.6) is 0 Å². The van der Waals surface area contributed by atoms with Gasteiger partial charge in [-0.15, -0.1) is 0 Å². The van der Waals surface area contributed by atoms with E-state index in [1.54, 1.807) is 0 Å². The standard InChI is InChI=1S/C11H11Br2N/c1-6(2)9-5-14-11-8(9)3-7(12)4-10(11)13/h3-6,14H,1-2H3. The molecule has 0 fully saturated rings. The Morgan fingerprint density at radius 2 is 1.93 bits per heavy atom. The molecule has 3 heteroatoms. The van der Waals surface area contributed by atoms with Gasteiger partial charge in [0.15, 0.2) is 0 Å². The van der Waals surface area contributed by atoms with Crippen molar-refractivity contribution in [2.45, 2.75) is 19.8 Å². The average molecular weight is 317 g/mol. The zero-order valence-corrected chi connectivity index (χ0v) is 11.2. The minimum absolute atomic E-state index is 0.546. The van der Waals surface area contributed by atoms with Crippen LogP contribution >= 0.6 is 31.9 Å². The number of aromatic nitrogens is 1. The second-order valence-corrected chi connectivity index (χ2v) is 5.48. The molecule has 0 aliphatic carbocycles. The highest BCUT2D eigenvalue weighted by Gasteiger charge is 2.09. The highest BCUT2D eigenvalue weighted by Crippen LogP contribution is 2.32. The van der Waals surface area contributed by atoms with Crippen molar-refractivity contribution in [1.82, 2.24) is 4.98 Å². The number of hydrogen-bond acceptors (Lipinski definition) is 0. The molecular formula is C11H11Br2N. The number of aromatic amines is 1. The summed E-state index contributed by atoms with van der Waals surface area (Å²) >= 11 is 7.06. The Labute approximate surface area is 100 Å². The summed E-state index contributed by atoms with van der Waals surface area (Å²) in [4.78, 5) is 3.30. The quantitative estimate of drug-likeness (QED) is 0.776. The molecule has 0 aliphatic rings. The lowest BCUT2D eigenvalue weighted by atomic mass is 10.0. The van der Waals surface area contributed by atoms with Gasteiger partial charge in [0.25, 0.3) is 0 Å². The summed E-state index contributed by atoms with van der Waals surface area (Å²) in [5, 5.41) is 1.29. The van der Waals surface area contributed by atoms with Gasteiger partial charge in [0.2, 0.25) is 0 Å². The SMILES string of the molecule is CC(C)c1c[nH]c2c(Br)cc(Br)cc12. The van der Waals surface area contributed by atoms with Gasteiger partial charge in [-0.1, -0.05) is 29.8 Å². The first kappa shape index (κ1) is 10.2. The Kier molecular flexibility index (Phi) is 2.71. The van der Waals surface area contributed by atoms with Gasteiger partial charge in [0.1, 0.15) is 0 Å². The lowest BCUT2D eigenvalue weighted by Gasteiger charge is -2.03. The number of rotatable bonds is 1.